The molecule has 0 aromatic rings. The molecular formula is C19H38NO7P. The largest absolute Gasteiger partial charge is 0.756 e. The van der Waals surface area contributed by atoms with Crippen LogP contribution in [0, 0.1) is 0 Å². The second-order valence-corrected chi connectivity index (χ2v) is 8.10. The molecule has 0 bridgehead atoms. The Hall–Kier alpha value is -0.760. The zero-order valence-corrected chi connectivity index (χ0v) is 18.1. The number of aliphatic hydroxyl groups is 1. The first-order chi connectivity index (χ1) is 13.4. The summed E-state index contributed by atoms with van der Waals surface area (Å²) in [5.41, 5.74) is 3.44. The van der Waals surface area contributed by atoms with Gasteiger partial charge in [0.2, 0.25) is 0 Å². The molecule has 0 spiro atoms. The van der Waals surface area contributed by atoms with E-state index >= 15 is 0 Å². The Kier molecular flexibility index (Phi) is 17.8. The van der Waals surface area contributed by atoms with Crippen molar-refractivity contribution < 1.29 is 38.9 Å². The highest BCUT2D eigenvalue weighted by atomic mass is 31.2. The standard InChI is InChI=1S/C19H38NO7P/c1-2-3-4-5-6-7-8-9-10-11-12-13-19(22)25-16-18(21)17-27-28(23,24)26-15-14-20/h7-8,18,21H,2-6,9-17,20H2,1H3,(H,23,24)/b8-7-/t18-/m1/s1. The highest BCUT2D eigenvalue weighted by Gasteiger charge is 2.14. The molecule has 0 aliphatic heterocycles. The van der Waals surface area contributed by atoms with Gasteiger partial charge in [-0.3, -0.25) is 9.36 Å². The molecule has 0 aromatic heterocycles. The zero-order valence-electron chi connectivity index (χ0n) is 17.2. The smallest absolute Gasteiger partial charge is 0.305 e. The van der Waals surface area contributed by atoms with Gasteiger partial charge in [0, 0.05) is 6.42 Å². The fourth-order valence-electron chi connectivity index (χ4n) is 2.33. The maximum Gasteiger partial charge on any atom is 0.305 e. The van der Waals surface area contributed by atoms with E-state index in [1.54, 1.807) is 0 Å². The van der Waals surface area contributed by atoms with E-state index in [0.29, 0.717) is 0 Å². The number of esters is 1. The third kappa shape index (κ3) is 18.6. The molecule has 9 heteroatoms. The van der Waals surface area contributed by atoms with Crippen molar-refractivity contribution in [1.29, 1.82) is 0 Å². The number of hydrogen-bond acceptors (Lipinski definition) is 7. The minimum absolute atomic E-state index is 0.0827. The van der Waals surface area contributed by atoms with Crippen LogP contribution in [-0.2, 0) is 23.1 Å². The average Bonchev–Trinajstić information content (AvgIpc) is 2.67. The van der Waals surface area contributed by atoms with Crippen LogP contribution >= 0.6 is 7.82 Å². The van der Waals surface area contributed by atoms with Gasteiger partial charge in [0.1, 0.15) is 19.3 Å². The summed E-state index contributed by atoms with van der Waals surface area (Å²) >= 11 is 0. The van der Waals surface area contributed by atoms with Crippen molar-refractivity contribution in [1.82, 2.24) is 0 Å². The third-order valence-corrected chi connectivity index (χ3v) is 4.86. The first-order valence-electron chi connectivity index (χ1n) is 10.3. The molecule has 2 atom stereocenters. The van der Waals surface area contributed by atoms with Gasteiger partial charge in [0.25, 0.3) is 7.82 Å². The van der Waals surface area contributed by atoms with Crippen molar-refractivity contribution in [2.75, 3.05) is 26.4 Å². The second-order valence-electron chi connectivity index (χ2n) is 6.69. The van der Waals surface area contributed by atoms with Crippen molar-refractivity contribution in [2.24, 2.45) is 0 Å². The Morgan fingerprint density at radius 3 is 2.32 bits per heavy atom. The van der Waals surface area contributed by atoms with Crippen LogP contribution in [0.3, 0.4) is 0 Å². The molecule has 8 nitrogen and oxygen atoms in total. The monoisotopic (exact) mass is 423 g/mol. The van der Waals surface area contributed by atoms with E-state index in [4.69, 9.17) is 4.74 Å². The van der Waals surface area contributed by atoms with E-state index < -0.39 is 26.5 Å². The van der Waals surface area contributed by atoms with Crippen molar-refractivity contribution in [3.8, 4) is 0 Å². The summed E-state index contributed by atoms with van der Waals surface area (Å²) in [6, 6.07) is 0. The van der Waals surface area contributed by atoms with Crippen LogP contribution < -0.4 is 10.6 Å². The van der Waals surface area contributed by atoms with Crippen molar-refractivity contribution in [2.45, 2.75) is 77.2 Å². The maximum absolute atomic E-state index is 11.6. The van der Waals surface area contributed by atoms with Gasteiger partial charge in [-0.05, 0) is 32.1 Å². The molecule has 0 aromatic carbocycles. The number of phosphoric acid groups is 1. The van der Waals surface area contributed by atoms with E-state index in [2.05, 4.69) is 33.9 Å². The van der Waals surface area contributed by atoms with Gasteiger partial charge in [-0.15, -0.1) is 0 Å². The average molecular weight is 423 g/mol. The van der Waals surface area contributed by atoms with Gasteiger partial charge in [-0.25, -0.2) is 0 Å². The Bertz CT molecular complexity index is 460. The minimum atomic E-state index is -4.45. The number of quaternary nitrogens is 1. The van der Waals surface area contributed by atoms with Gasteiger partial charge in [0.15, 0.2) is 0 Å². The number of rotatable bonds is 19. The number of phosphoric ester groups is 1. The minimum Gasteiger partial charge on any atom is -0.756 e. The van der Waals surface area contributed by atoms with Crippen LogP contribution in [0.4, 0.5) is 0 Å². The highest BCUT2D eigenvalue weighted by molar-refractivity contribution is 7.45. The molecule has 28 heavy (non-hydrogen) atoms. The van der Waals surface area contributed by atoms with Crippen molar-refractivity contribution >= 4 is 13.8 Å². The first kappa shape index (κ1) is 27.2. The lowest BCUT2D eigenvalue weighted by Gasteiger charge is -2.23. The molecule has 0 aliphatic carbocycles. The van der Waals surface area contributed by atoms with Crippen LogP contribution in [0.25, 0.3) is 0 Å². The van der Waals surface area contributed by atoms with Crippen LogP contribution in [0.1, 0.15) is 71.1 Å². The SMILES string of the molecule is CCCCCC/C=C\CCCCCC(=O)OC[C@@H](O)COP(=O)([O-])OCC[NH3+]. The van der Waals surface area contributed by atoms with Gasteiger partial charge >= 0.3 is 5.97 Å². The molecule has 0 saturated heterocycles. The van der Waals surface area contributed by atoms with Crippen LogP contribution in [0.15, 0.2) is 12.2 Å². The topological polar surface area (TPSA) is 133 Å². The Balaban J connectivity index is 3.59. The maximum atomic E-state index is 11.6. The lowest BCUT2D eigenvalue weighted by molar-refractivity contribution is -0.373. The molecule has 1 unspecified atom stereocenters. The lowest BCUT2D eigenvalue weighted by Crippen LogP contribution is -2.52. The first-order valence-corrected chi connectivity index (χ1v) is 11.8. The quantitative estimate of drug-likeness (QED) is 0.141. The predicted molar refractivity (Wildman–Crippen MR) is 105 cm³/mol. The van der Waals surface area contributed by atoms with E-state index in [9.17, 15) is 19.4 Å². The summed E-state index contributed by atoms with van der Waals surface area (Å²) in [4.78, 5) is 22.9. The van der Waals surface area contributed by atoms with Crippen molar-refractivity contribution in [3.05, 3.63) is 12.2 Å². The normalized spacial score (nSPS) is 14.9. The molecule has 0 amide bonds. The summed E-state index contributed by atoms with van der Waals surface area (Å²) in [6.07, 6.45) is 13.5. The second kappa shape index (κ2) is 18.3. The van der Waals surface area contributed by atoms with E-state index in [1.165, 1.54) is 25.7 Å². The molecule has 4 N–H and O–H groups in total. The van der Waals surface area contributed by atoms with Gasteiger partial charge in [-0.2, -0.15) is 0 Å². The summed E-state index contributed by atoms with van der Waals surface area (Å²) < 4.78 is 25.2. The van der Waals surface area contributed by atoms with E-state index in [0.717, 1.165) is 32.1 Å². The number of hydrogen-bond donors (Lipinski definition) is 2. The highest BCUT2D eigenvalue weighted by Crippen LogP contribution is 2.37. The number of aliphatic hydroxyl groups excluding tert-OH is 1. The van der Waals surface area contributed by atoms with Crippen LogP contribution in [0.5, 0.6) is 0 Å². The molecule has 0 heterocycles. The molecule has 166 valence electrons. The fourth-order valence-corrected chi connectivity index (χ4v) is 3.12. The number of unbranched alkanes of at least 4 members (excludes halogenated alkanes) is 7. The molecule has 0 aliphatic rings. The summed E-state index contributed by atoms with van der Waals surface area (Å²) in [6.45, 7) is 1.58. The van der Waals surface area contributed by atoms with Gasteiger partial charge in [-0.1, -0.05) is 44.8 Å². The lowest BCUT2D eigenvalue weighted by atomic mass is 10.1. The van der Waals surface area contributed by atoms with Crippen molar-refractivity contribution in [3.63, 3.8) is 0 Å². The summed E-state index contributed by atoms with van der Waals surface area (Å²) in [5.74, 6) is -0.413. The predicted octanol–water partition coefficient (Wildman–Crippen LogP) is 2.11. The zero-order chi connectivity index (χ0) is 21.1. The number of ether oxygens (including phenoxy) is 1. The Morgan fingerprint density at radius 2 is 1.71 bits per heavy atom. The molecule has 0 fully saturated rings. The summed E-state index contributed by atoms with van der Waals surface area (Å²) in [5, 5.41) is 9.61. The Morgan fingerprint density at radius 1 is 1.07 bits per heavy atom. The molecule has 0 saturated carbocycles. The Labute approximate surface area is 169 Å². The molecule has 0 radical (unpaired) electrons. The van der Waals surface area contributed by atoms with E-state index in [-0.39, 0.29) is 26.2 Å². The number of allylic oxidation sites excluding steroid dienone is 2. The summed E-state index contributed by atoms with van der Waals surface area (Å²) in [7, 11) is -4.45. The van der Waals surface area contributed by atoms with Crippen LogP contribution in [0.2, 0.25) is 0 Å². The van der Waals surface area contributed by atoms with Crippen LogP contribution in [-0.4, -0.2) is 43.5 Å². The molecular weight excluding hydrogens is 385 g/mol. The third-order valence-electron chi connectivity index (χ3n) is 3.90. The van der Waals surface area contributed by atoms with Gasteiger partial charge < -0.3 is 29.5 Å². The number of carbonyl (C=O) groups excluding carboxylic acids is 1. The van der Waals surface area contributed by atoms with Gasteiger partial charge in [0.05, 0.1) is 13.2 Å². The molecule has 0 rings (SSSR count). The number of carbonyl (C=O) groups is 1. The van der Waals surface area contributed by atoms with E-state index in [1.807, 2.05) is 0 Å². The fraction of sp³-hybridized carbons (Fsp3) is 0.842.